The first-order chi connectivity index (χ1) is 8.15. The maximum Gasteiger partial charge on any atom is 0.294 e. The maximum absolute atomic E-state index is 11.7. The molecule has 4 nitrogen and oxygen atoms in total. The normalized spacial score (nSPS) is 14.4. The molecule has 1 aromatic carbocycles. The van der Waals surface area contributed by atoms with Crippen molar-refractivity contribution in [3.63, 3.8) is 0 Å². The third-order valence-electron chi connectivity index (χ3n) is 1.99. The Labute approximate surface area is 108 Å². The zero-order valence-electron chi connectivity index (χ0n) is 8.70. The molecule has 1 N–H and O–H groups in total. The van der Waals surface area contributed by atoms with Crippen LogP contribution in [-0.4, -0.2) is 19.1 Å². The Morgan fingerprint density at radius 2 is 1.88 bits per heavy atom. The number of carbonyl (C=O) groups is 1. The van der Waals surface area contributed by atoms with E-state index >= 15 is 0 Å². The Kier molecular flexibility index (Phi) is 3.76. The van der Waals surface area contributed by atoms with Crippen LogP contribution in [0.15, 0.2) is 30.2 Å². The van der Waals surface area contributed by atoms with Crippen molar-refractivity contribution in [1.29, 1.82) is 0 Å². The Bertz CT molecular complexity index is 454. The van der Waals surface area contributed by atoms with Gasteiger partial charge in [-0.15, -0.1) is 0 Å². The summed E-state index contributed by atoms with van der Waals surface area (Å²) in [7, 11) is 0. The van der Waals surface area contributed by atoms with Crippen LogP contribution < -0.4 is 5.32 Å². The summed E-state index contributed by atoms with van der Waals surface area (Å²) in [5.74, 6) is -0.268. The van der Waals surface area contributed by atoms with E-state index in [1.54, 1.807) is 18.2 Å². The molecule has 0 bridgehead atoms. The molecular formula is C11H9Cl2NO3. The first-order valence-corrected chi connectivity index (χ1v) is 5.63. The first kappa shape index (κ1) is 12.1. The van der Waals surface area contributed by atoms with Gasteiger partial charge in [-0.05, 0) is 18.2 Å². The van der Waals surface area contributed by atoms with Gasteiger partial charge in [0.25, 0.3) is 5.91 Å². The molecule has 1 amide bonds. The molecular weight excluding hydrogens is 265 g/mol. The summed E-state index contributed by atoms with van der Waals surface area (Å²) in [6, 6.07) is 4.77. The molecule has 2 rings (SSSR count). The van der Waals surface area contributed by atoms with Crippen molar-refractivity contribution in [2.75, 3.05) is 18.5 Å². The monoisotopic (exact) mass is 273 g/mol. The van der Waals surface area contributed by atoms with Crippen LogP contribution in [0, 0.1) is 0 Å². The number of amides is 1. The summed E-state index contributed by atoms with van der Waals surface area (Å²) in [6.07, 6.45) is 1.28. The summed E-state index contributed by atoms with van der Waals surface area (Å²) in [6.45, 7) is 0.801. The lowest BCUT2D eigenvalue weighted by atomic mass is 10.3. The number of carbonyl (C=O) groups excluding carboxylic acids is 1. The topological polar surface area (TPSA) is 47.6 Å². The van der Waals surface area contributed by atoms with Crippen LogP contribution in [-0.2, 0) is 14.3 Å². The lowest BCUT2D eigenvalue weighted by Crippen LogP contribution is -2.21. The lowest BCUT2D eigenvalue weighted by Gasteiger charge is -2.15. The van der Waals surface area contributed by atoms with Crippen LogP contribution in [0.5, 0.6) is 0 Å². The van der Waals surface area contributed by atoms with Crippen molar-refractivity contribution in [1.82, 2.24) is 0 Å². The number of ether oxygens (including phenoxy) is 2. The van der Waals surface area contributed by atoms with Crippen molar-refractivity contribution in [3.05, 3.63) is 40.3 Å². The summed E-state index contributed by atoms with van der Waals surface area (Å²) in [5, 5.41) is 3.51. The van der Waals surface area contributed by atoms with Gasteiger partial charge in [0, 0.05) is 15.7 Å². The summed E-state index contributed by atoms with van der Waals surface area (Å²) >= 11 is 11.6. The molecule has 1 aromatic rings. The molecule has 0 radical (unpaired) electrons. The average molecular weight is 274 g/mol. The highest BCUT2D eigenvalue weighted by Crippen LogP contribution is 2.23. The SMILES string of the molecule is O=C(Nc1cc(Cl)cc(Cl)c1)C1=COCCO1. The fourth-order valence-electron chi connectivity index (χ4n) is 1.31. The first-order valence-electron chi connectivity index (χ1n) is 4.87. The number of rotatable bonds is 2. The quantitative estimate of drug-likeness (QED) is 0.902. The minimum Gasteiger partial charge on any atom is -0.494 e. The molecule has 0 aromatic heterocycles. The Balaban J connectivity index is 2.09. The van der Waals surface area contributed by atoms with Crippen molar-refractivity contribution < 1.29 is 14.3 Å². The number of halogens is 2. The van der Waals surface area contributed by atoms with Gasteiger partial charge >= 0.3 is 0 Å². The van der Waals surface area contributed by atoms with Crippen LogP contribution in [0.3, 0.4) is 0 Å². The second-order valence-electron chi connectivity index (χ2n) is 3.31. The highest BCUT2D eigenvalue weighted by molar-refractivity contribution is 6.35. The van der Waals surface area contributed by atoms with Gasteiger partial charge in [-0.2, -0.15) is 0 Å². The van der Waals surface area contributed by atoms with Gasteiger partial charge in [0.1, 0.15) is 19.5 Å². The van der Waals surface area contributed by atoms with Crippen LogP contribution in [0.1, 0.15) is 0 Å². The third kappa shape index (κ3) is 3.28. The molecule has 0 fully saturated rings. The van der Waals surface area contributed by atoms with Gasteiger partial charge < -0.3 is 14.8 Å². The van der Waals surface area contributed by atoms with Crippen LogP contribution in [0.4, 0.5) is 5.69 Å². The van der Waals surface area contributed by atoms with E-state index in [0.717, 1.165) is 0 Å². The predicted octanol–water partition coefficient (Wildman–Crippen LogP) is 2.82. The fourth-order valence-corrected chi connectivity index (χ4v) is 1.83. The van der Waals surface area contributed by atoms with Gasteiger partial charge in [0.15, 0.2) is 0 Å². The standard InChI is InChI=1S/C11H9Cl2NO3/c12-7-3-8(13)5-9(4-7)14-11(15)10-6-16-1-2-17-10/h3-6H,1-2H2,(H,14,15). The molecule has 1 heterocycles. The molecule has 0 saturated carbocycles. The number of hydrogen-bond donors (Lipinski definition) is 1. The Hall–Kier alpha value is -1.39. The van der Waals surface area contributed by atoms with E-state index in [-0.39, 0.29) is 5.76 Å². The van der Waals surface area contributed by atoms with E-state index in [2.05, 4.69) is 5.32 Å². The van der Waals surface area contributed by atoms with Crippen molar-refractivity contribution in [2.45, 2.75) is 0 Å². The minimum atomic E-state index is -0.400. The smallest absolute Gasteiger partial charge is 0.294 e. The van der Waals surface area contributed by atoms with Gasteiger partial charge in [-0.3, -0.25) is 4.79 Å². The largest absolute Gasteiger partial charge is 0.494 e. The van der Waals surface area contributed by atoms with Crippen molar-refractivity contribution >= 4 is 34.8 Å². The number of hydrogen-bond acceptors (Lipinski definition) is 3. The molecule has 90 valence electrons. The fraction of sp³-hybridized carbons (Fsp3) is 0.182. The highest BCUT2D eigenvalue weighted by Gasteiger charge is 2.15. The zero-order chi connectivity index (χ0) is 12.3. The predicted molar refractivity (Wildman–Crippen MR) is 65.1 cm³/mol. The number of nitrogens with one attached hydrogen (secondary N) is 1. The molecule has 0 atom stereocenters. The van der Waals surface area contributed by atoms with E-state index in [9.17, 15) is 4.79 Å². The molecule has 1 aliphatic rings. The Morgan fingerprint density at radius 1 is 1.18 bits per heavy atom. The van der Waals surface area contributed by atoms with Crippen LogP contribution in [0.25, 0.3) is 0 Å². The summed E-state index contributed by atoms with van der Waals surface area (Å²) in [4.78, 5) is 11.7. The number of benzene rings is 1. The van der Waals surface area contributed by atoms with Gasteiger partial charge in [-0.1, -0.05) is 23.2 Å². The van der Waals surface area contributed by atoms with Crippen molar-refractivity contribution in [2.24, 2.45) is 0 Å². The van der Waals surface area contributed by atoms with E-state index in [0.29, 0.717) is 28.9 Å². The van der Waals surface area contributed by atoms with Gasteiger partial charge in [-0.25, -0.2) is 0 Å². The number of anilines is 1. The van der Waals surface area contributed by atoms with Crippen LogP contribution in [0.2, 0.25) is 10.0 Å². The summed E-state index contributed by atoms with van der Waals surface area (Å²) < 4.78 is 10.1. The van der Waals surface area contributed by atoms with E-state index in [1.165, 1.54) is 6.26 Å². The molecule has 0 saturated heterocycles. The molecule has 0 spiro atoms. The lowest BCUT2D eigenvalue weighted by molar-refractivity contribution is -0.117. The average Bonchev–Trinajstić information content (AvgIpc) is 2.28. The zero-order valence-corrected chi connectivity index (χ0v) is 10.2. The van der Waals surface area contributed by atoms with E-state index in [4.69, 9.17) is 32.7 Å². The van der Waals surface area contributed by atoms with Gasteiger partial charge in [0.2, 0.25) is 5.76 Å². The second-order valence-corrected chi connectivity index (χ2v) is 4.19. The van der Waals surface area contributed by atoms with Gasteiger partial charge in [0.05, 0.1) is 0 Å². The summed E-state index contributed by atoms with van der Waals surface area (Å²) in [5.41, 5.74) is 0.502. The third-order valence-corrected chi connectivity index (χ3v) is 2.43. The van der Waals surface area contributed by atoms with E-state index < -0.39 is 5.91 Å². The second kappa shape index (κ2) is 5.29. The van der Waals surface area contributed by atoms with E-state index in [1.807, 2.05) is 0 Å². The molecule has 17 heavy (non-hydrogen) atoms. The molecule has 1 aliphatic heterocycles. The molecule has 0 aliphatic carbocycles. The van der Waals surface area contributed by atoms with Crippen LogP contribution >= 0.6 is 23.2 Å². The van der Waals surface area contributed by atoms with Crippen molar-refractivity contribution in [3.8, 4) is 0 Å². The molecule has 0 unspecified atom stereocenters. The maximum atomic E-state index is 11.7. The minimum absolute atomic E-state index is 0.132. The molecule has 6 heteroatoms. The Morgan fingerprint density at radius 3 is 2.47 bits per heavy atom. The highest BCUT2D eigenvalue weighted by atomic mass is 35.5.